The van der Waals surface area contributed by atoms with Gasteiger partial charge in [-0.05, 0) is 52.9 Å². The zero-order valence-corrected chi connectivity index (χ0v) is 16.8. The summed E-state index contributed by atoms with van der Waals surface area (Å²) in [5.74, 6) is -0.939. The van der Waals surface area contributed by atoms with Crippen molar-refractivity contribution in [2.45, 2.75) is 39.0 Å². The fourth-order valence-electron chi connectivity index (χ4n) is 3.25. The lowest BCUT2D eigenvalue weighted by atomic mass is 9.90. The van der Waals surface area contributed by atoms with Gasteiger partial charge < -0.3 is 14.3 Å². The molecular weight excluding hydrogens is 375 g/mol. The van der Waals surface area contributed by atoms with E-state index in [-0.39, 0.29) is 18.2 Å². The molecule has 1 unspecified atom stereocenters. The molecule has 0 saturated heterocycles. The number of carboxylic acid groups (broad SMARTS) is 1. The number of carbonyl (C=O) groups is 1. The third kappa shape index (κ3) is 4.62. The van der Waals surface area contributed by atoms with E-state index in [0.29, 0.717) is 22.8 Å². The molecule has 1 aromatic heterocycles. The summed E-state index contributed by atoms with van der Waals surface area (Å²) in [7, 11) is 1.56. The number of hydrogen-bond acceptors (Lipinski definition) is 5. The minimum Gasteiger partial charge on any atom is -0.496 e. The Morgan fingerprint density at radius 2 is 1.93 bits per heavy atom. The third-order valence-electron chi connectivity index (χ3n) is 4.74. The van der Waals surface area contributed by atoms with Crippen LogP contribution in [0, 0.1) is 12.7 Å². The maximum absolute atomic E-state index is 14.6. The molecule has 7 heteroatoms. The van der Waals surface area contributed by atoms with Crippen LogP contribution in [0.2, 0.25) is 0 Å². The minimum atomic E-state index is -1.05. The molecule has 1 atom stereocenters. The fraction of sp³-hybridized carbons (Fsp3) is 0.318. The van der Waals surface area contributed by atoms with Crippen LogP contribution in [0.25, 0.3) is 11.1 Å². The van der Waals surface area contributed by atoms with Gasteiger partial charge in [0.25, 0.3) is 0 Å². The molecule has 0 radical (unpaired) electrons. The number of methoxy groups -OCH3 is 1. The summed E-state index contributed by atoms with van der Waals surface area (Å²) in [6, 6.07) is 10.2. The van der Waals surface area contributed by atoms with E-state index in [1.807, 2.05) is 18.2 Å². The van der Waals surface area contributed by atoms with E-state index >= 15 is 0 Å². The first-order chi connectivity index (χ1) is 13.8. The van der Waals surface area contributed by atoms with Crippen molar-refractivity contribution in [1.29, 1.82) is 0 Å². The molecule has 0 spiro atoms. The lowest BCUT2D eigenvalue weighted by Crippen LogP contribution is -2.09. The van der Waals surface area contributed by atoms with Crippen molar-refractivity contribution in [1.82, 2.24) is 10.2 Å². The molecule has 29 heavy (non-hydrogen) atoms. The van der Waals surface area contributed by atoms with Gasteiger partial charge in [0.15, 0.2) is 0 Å². The molecule has 0 amide bonds. The number of ether oxygens (including phenoxy) is 1. The summed E-state index contributed by atoms with van der Waals surface area (Å²) in [5, 5.41) is 17.1. The Morgan fingerprint density at radius 1 is 1.17 bits per heavy atom. The van der Waals surface area contributed by atoms with Gasteiger partial charge in [-0.3, -0.25) is 4.79 Å². The zero-order valence-electron chi connectivity index (χ0n) is 16.8. The van der Waals surface area contributed by atoms with Crippen LogP contribution < -0.4 is 4.74 Å². The number of aryl methyl sites for hydroxylation is 1. The molecule has 6 nitrogen and oxygen atoms in total. The van der Waals surface area contributed by atoms with Gasteiger partial charge in [0.05, 0.1) is 19.4 Å². The highest BCUT2D eigenvalue weighted by Crippen LogP contribution is 2.36. The van der Waals surface area contributed by atoms with Crippen LogP contribution in [-0.4, -0.2) is 28.4 Å². The highest BCUT2D eigenvalue weighted by molar-refractivity contribution is 5.73. The molecule has 1 N–H and O–H groups in total. The van der Waals surface area contributed by atoms with Crippen LogP contribution in [0.4, 0.5) is 4.39 Å². The van der Waals surface area contributed by atoms with Gasteiger partial charge in [-0.1, -0.05) is 19.9 Å². The average Bonchev–Trinajstić information content (AvgIpc) is 3.10. The average molecular weight is 398 g/mol. The second-order valence-electron chi connectivity index (χ2n) is 7.20. The second-order valence-corrected chi connectivity index (χ2v) is 7.20. The van der Waals surface area contributed by atoms with Crippen LogP contribution in [0.3, 0.4) is 0 Å². The summed E-state index contributed by atoms with van der Waals surface area (Å²) in [6.45, 7) is 5.76. The molecule has 0 bridgehead atoms. The van der Waals surface area contributed by atoms with Gasteiger partial charge in [-0.2, -0.15) is 0 Å². The van der Waals surface area contributed by atoms with E-state index < -0.39 is 17.7 Å². The third-order valence-corrected chi connectivity index (χ3v) is 4.74. The standard InChI is InChI=1S/C22H23FN2O4/c1-12(2)14-5-6-20(28-4)18(10-14)15-7-16(9-17(23)8-15)19(11-21(26)27)22-25-24-13(3)29-22/h5-10,12,19H,11H2,1-4H3,(H,26,27). The Bertz CT molecular complexity index is 1030. The molecular formula is C22H23FN2O4. The molecule has 0 aliphatic heterocycles. The van der Waals surface area contributed by atoms with Crippen molar-refractivity contribution in [3.8, 4) is 16.9 Å². The number of carboxylic acids is 1. The second kappa shape index (κ2) is 8.43. The van der Waals surface area contributed by atoms with E-state index in [1.165, 1.54) is 12.1 Å². The number of hydrogen-bond donors (Lipinski definition) is 1. The fourth-order valence-corrected chi connectivity index (χ4v) is 3.25. The summed E-state index contributed by atoms with van der Waals surface area (Å²) in [6.07, 6.45) is -0.298. The van der Waals surface area contributed by atoms with E-state index in [2.05, 4.69) is 24.0 Å². The smallest absolute Gasteiger partial charge is 0.304 e. The first kappa shape index (κ1) is 20.5. The summed E-state index contributed by atoms with van der Waals surface area (Å²) in [4.78, 5) is 11.4. The number of rotatable bonds is 7. The Morgan fingerprint density at radius 3 is 2.52 bits per heavy atom. The first-order valence-electron chi connectivity index (χ1n) is 9.29. The van der Waals surface area contributed by atoms with Crippen molar-refractivity contribution < 1.29 is 23.4 Å². The summed E-state index contributed by atoms with van der Waals surface area (Å²) in [5.41, 5.74) is 2.85. The van der Waals surface area contributed by atoms with Crippen molar-refractivity contribution >= 4 is 5.97 Å². The summed E-state index contributed by atoms with van der Waals surface area (Å²) < 4.78 is 25.5. The van der Waals surface area contributed by atoms with E-state index in [1.54, 1.807) is 20.1 Å². The summed E-state index contributed by atoms with van der Waals surface area (Å²) >= 11 is 0. The van der Waals surface area contributed by atoms with Crippen LogP contribution in [0.15, 0.2) is 40.8 Å². The topological polar surface area (TPSA) is 85.5 Å². The van der Waals surface area contributed by atoms with E-state index in [9.17, 15) is 14.3 Å². The zero-order chi connectivity index (χ0) is 21.1. The molecule has 1 heterocycles. The maximum Gasteiger partial charge on any atom is 0.304 e. The highest BCUT2D eigenvalue weighted by Gasteiger charge is 2.25. The lowest BCUT2D eigenvalue weighted by Gasteiger charge is -2.16. The lowest BCUT2D eigenvalue weighted by molar-refractivity contribution is -0.137. The van der Waals surface area contributed by atoms with Gasteiger partial charge in [-0.15, -0.1) is 10.2 Å². The molecule has 2 aromatic carbocycles. The molecule has 152 valence electrons. The largest absolute Gasteiger partial charge is 0.496 e. The number of halogens is 1. The van der Waals surface area contributed by atoms with Crippen LogP contribution in [-0.2, 0) is 4.79 Å². The predicted octanol–water partition coefficient (Wildman–Crippen LogP) is 4.92. The maximum atomic E-state index is 14.6. The molecule has 3 rings (SSSR count). The van der Waals surface area contributed by atoms with E-state index in [4.69, 9.17) is 9.15 Å². The SMILES string of the molecule is COc1ccc(C(C)C)cc1-c1cc(F)cc(C(CC(=O)O)c2nnc(C)o2)c1. The molecule has 0 saturated carbocycles. The van der Waals surface area contributed by atoms with Crippen LogP contribution in [0.5, 0.6) is 5.75 Å². The molecule has 0 aliphatic carbocycles. The molecule has 0 fully saturated rings. The van der Waals surface area contributed by atoms with Gasteiger partial charge in [0.2, 0.25) is 11.8 Å². The highest BCUT2D eigenvalue weighted by atomic mass is 19.1. The Kier molecular flexibility index (Phi) is 5.96. The van der Waals surface area contributed by atoms with Crippen LogP contribution in [0.1, 0.15) is 55.0 Å². The van der Waals surface area contributed by atoms with Gasteiger partial charge in [-0.25, -0.2) is 4.39 Å². The van der Waals surface area contributed by atoms with Gasteiger partial charge in [0, 0.05) is 12.5 Å². The van der Waals surface area contributed by atoms with Gasteiger partial charge >= 0.3 is 5.97 Å². The van der Waals surface area contributed by atoms with Crippen molar-refractivity contribution in [2.24, 2.45) is 0 Å². The molecule has 0 aliphatic rings. The van der Waals surface area contributed by atoms with Crippen molar-refractivity contribution in [2.75, 3.05) is 7.11 Å². The quantitative estimate of drug-likeness (QED) is 0.608. The van der Waals surface area contributed by atoms with Crippen molar-refractivity contribution in [3.05, 3.63) is 65.1 Å². The number of aromatic nitrogens is 2. The van der Waals surface area contributed by atoms with E-state index in [0.717, 1.165) is 11.1 Å². The van der Waals surface area contributed by atoms with Gasteiger partial charge in [0.1, 0.15) is 11.6 Å². The number of aliphatic carboxylic acids is 1. The number of nitrogens with zero attached hydrogens (tertiary/aromatic N) is 2. The monoisotopic (exact) mass is 398 g/mol. The Hall–Kier alpha value is -3.22. The normalized spacial score (nSPS) is 12.2. The molecule has 3 aromatic rings. The van der Waals surface area contributed by atoms with Crippen LogP contribution >= 0.6 is 0 Å². The minimum absolute atomic E-state index is 0.143. The Labute approximate surface area is 168 Å². The van der Waals surface area contributed by atoms with Crippen molar-refractivity contribution in [3.63, 3.8) is 0 Å². The first-order valence-corrected chi connectivity index (χ1v) is 9.29. The Balaban J connectivity index is 2.14. The number of benzene rings is 2. The predicted molar refractivity (Wildman–Crippen MR) is 106 cm³/mol.